The number of methoxy groups -OCH3 is 2. The van der Waals surface area contributed by atoms with Crippen molar-refractivity contribution in [3.63, 3.8) is 0 Å². The summed E-state index contributed by atoms with van der Waals surface area (Å²) < 4.78 is 112. The first-order chi connectivity index (χ1) is 32.7. The molecule has 0 aromatic heterocycles. The van der Waals surface area contributed by atoms with Crippen LogP contribution in [-0.2, 0) is 30.4 Å². The summed E-state index contributed by atoms with van der Waals surface area (Å²) in [7, 11) is -11.9. The third-order valence-electron chi connectivity index (χ3n) is 9.77. The van der Waals surface area contributed by atoms with Gasteiger partial charge >= 0.3 is 0 Å². The Morgan fingerprint density at radius 1 is 0.420 bits per heavy atom. The van der Waals surface area contributed by atoms with Gasteiger partial charge in [-0.25, -0.2) is 0 Å². The number of benzene rings is 7. The third-order valence-corrected chi connectivity index (χ3v) is 12.4. The maximum absolute atomic E-state index is 12.6. The van der Waals surface area contributed by atoms with E-state index in [0.29, 0.717) is 51.3 Å². The fourth-order valence-corrected chi connectivity index (χ4v) is 8.22. The number of phenolic OH excluding ortho intramolecular Hbond substituents is 1. The largest absolute Gasteiger partial charge is 0.505 e. The molecule has 0 amide bonds. The fourth-order valence-electron chi connectivity index (χ4n) is 6.33. The Hall–Kier alpha value is -8.07. The van der Waals surface area contributed by atoms with Gasteiger partial charge in [-0.05, 0) is 121 Å². The molecule has 22 nitrogen and oxygen atoms in total. The molecule has 4 N–H and O–H groups in total. The molecule has 0 aliphatic heterocycles. The van der Waals surface area contributed by atoms with Gasteiger partial charge in [-0.3, -0.25) is 13.7 Å². The molecule has 0 bridgehead atoms. The minimum absolute atomic E-state index is 0.0474. The molecule has 0 heterocycles. The van der Waals surface area contributed by atoms with Gasteiger partial charge < -0.3 is 14.6 Å². The van der Waals surface area contributed by atoms with E-state index in [1.165, 1.54) is 44.6 Å². The molecular formula is C44H36N10O12S3. The molecule has 7 aromatic rings. The first kappa shape index (κ1) is 48.9. The summed E-state index contributed by atoms with van der Waals surface area (Å²) >= 11 is 0. The summed E-state index contributed by atoms with van der Waals surface area (Å²) in [6, 6.07) is 29.7. The van der Waals surface area contributed by atoms with Crippen LogP contribution in [-0.4, -0.2) is 58.2 Å². The molecule has 0 atom stereocenters. The zero-order valence-electron chi connectivity index (χ0n) is 36.3. The lowest BCUT2D eigenvalue weighted by molar-refractivity contribution is 0.405. The number of azo groups is 5. The van der Waals surface area contributed by atoms with Gasteiger partial charge in [0.15, 0.2) is 5.75 Å². The molecule has 0 saturated heterocycles. The smallest absolute Gasteiger partial charge is 0.296 e. The van der Waals surface area contributed by atoms with Crippen LogP contribution >= 0.6 is 0 Å². The first-order valence-corrected chi connectivity index (χ1v) is 24.0. The number of phenols is 1. The molecule has 7 rings (SSSR count). The highest BCUT2D eigenvalue weighted by Crippen LogP contribution is 2.45. The van der Waals surface area contributed by atoms with Crippen LogP contribution in [0.5, 0.6) is 17.2 Å². The van der Waals surface area contributed by atoms with Crippen LogP contribution in [0.4, 0.5) is 56.9 Å². The van der Waals surface area contributed by atoms with E-state index in [0.717, 1.165) is 18.2 Å². The second-order valence-corrected chi connectivity index (χ2v) is 18.7. The van der Waals surface area contributed by atoms with E-state index < -0.39 is 56.5 Å². The Morgan fingerprint density at radius 2 is 0.884 bits per heavy atom. The fraction of sp³-hybridized carbons (Fsp3) is 0.0909. The van der Waals surface area contributed by atoms with Gasteiger partial charge in [-0.15, -0.1) is 20.5 Å². The van der Waals surface area contributed by atoms with Crippen LogP contribution in [0, 0.1) is 13.8 Å². The normalized spacial score (nSPS) is 12.7. The summed E-state index contributed by atoms with van der Waals surface area (Å²) in [5.74, 6) is -0.283. The van der Waals surface area contributed by atoms with Crippen molar-refractivity contribution in [1.82, 2.24) is 0 Å². The number of aryl methyl sites for hydroxylation is 2. The molecule has 25 heteroatoms. The molecule has 0 aliphatic carbocycles. The Balaban J connectivity index is 1.08. The van der Waals surface area contributed by atoms with Crippen molar-refractivity contribution in [2.75, 3.05) is 14.2 Å². The molecule has 0 fully saturated rings. The van der Waals surface area contributed by atoms with Crippen molar-refractivity contribution < 1.29 is 53.5 Å². The molecule has 7 aromatic carbocycles. The Morgan fingerprint density at radius 3 is 1.42 bits per heavy atom. The van der Waals surface area contributed by atoms with Gasteiger partial charge in [0.25, 0.3) is 30.4 Å². The average molecular weight is 993 g/mol. The van der Waals surface area contributed by atoms with Crippen LogP contribution in [0.1, 0.15) is 11.1 Å². The SMILES string of the molecule is COc1cc(N=Nc2c(S(=O)(=O)O)cc3cc(N=Nc4ccccc4)ccc3c2O)c(OC)cc1N=Nc1ccc(N=Nc2ccc(N=Nc3ccc(S(=O)(=O)O)cc3S(=O)(=O)O)c(C)c2)c(C)c1. The highest BCUT2D eigenvalue weighted by Gasteiger charge is 2.24. The minimum atomic E-state index is -4.94. The zero-order chi connectivity index (χ0) is 49.7. The Bertz CT molecular complexity index is 3660. The standard InChI is InChI=1S/C44H36N10O12S3/c1-25-18-30(11-15-34(25)49-47-29-12-16-35(26(2)19-29)50-51-36-17-13-32(67(56,57)58)22-41(36)68(59,60)61)48-52-37-23-40(66-4)38(24-39(37)65-3)53-54-43-42(69(62,63)64)21-27-20-31(10-14-33(27)44(43)55)46-45-28-8-6-5-7-9-28/h5-24,55H,1-4H3,(H,56,57,58)(H,59,60,61)(H,62,63,64). The van der Waals surface area contributed by atoms with Gasteiger partial charge in [-0.1, -0.05) is 18.2 Å². The van der Waals surface area contributed by atoms with Crippen LogP contribution in [0.15, 0.2) is 187 Å². The highest BCUT2D eigenvalue weighted by atomic mass is 32.2. The predicted octanol–water partition coefficient (Wildman–Crippen LogP) is 13.0. The number of ether oxygens (including phenoxy) is 2. The second kappa shape index (κ2) is 20.0. The van der Waals surface area contributed by atoms with Gasteiger partial charge in [0.1, 0.15) is 44.0 Å². The summed E-state index contributed by atoms with van der Waals surface area (Å²) in [4.78, 5) is -2.34. The minimum Gasteiger partial charge on any atom is -0.505 e. The molecule has 352 valence electrons. The maximum atomic E-state index is 12.6. The van der Waals surface area contributed by atoms with E-state index in [1.54, 1.807) is 74.5 Å². The highest BCUT2D eigenvalue weighted by molar-refractivity contribution is 7.87. The van der Waals surface area contributed by atoms with E-state index in [4.69, 9.17) is 9.47 Å². The number of aromatic hydroxyl groups is 1. The summed E-state index contributed by atoms with van der Waals surface area (Å²) in [5.41, 5.74) is 3.20. The van der Waals surface area contributed by atoms with Crippen molar-refractivity contribution >= 4 is 98.0 Å². The van der Waals surface area contributed by atoms with Crippen molar-refractivity contribution in [3.05, 3.63) is 132 Å². The van der Waals surface area contributed by atoms with Crippen molar-refractivity contribution in [2.24, 2.45) is 51.1 Å². The van der Waals surface area contributed by atoms with Gasteiger partial charge in [0.05, 0.1) is 53.2 Å². The number of fused-ring (bicyclic) bond motifs is 1. The molecule has 0 aliphatic rings. The molecule has 69 heavy (non-hydrogen) atoms. The van der Waals surface area contributed by atoms with Crippen LogP contribution in [0.25, 0.3) is 10.8 Å². The lowest BCUT2D eigenvalue weighted by Crippen LogP contribution is -2.03. The van der Waals surface area contributed by atoms with Crippen LogP contribution < -0.4 is 9.47 Å². The lowest BCUT2D eigenvalue weighted by atomic mass is 10.1. The van der Waals surface area contributed by atoms with Crippen molar-refractivity contribution in [3.8, 4) is 17.2 Å². The zero-order valence-corrected chi connectivity index (χ0v) is 38.7. The predicted molar refractivity (Wildman–Crippen MR) is 251 cm³/mol. The molecule has 0 radical (unpaired) electrons. The van der Waals surface area contributed by atoms with Gasteiger partial charge in [-0.2, -0.15) is 55.9 Å². The number of hydrogen-bond acceptors (Lipinski definition) is 19. The number of rotatable bonds is 15. The molecular weight excluding hydrogens is 957 g/mol. The second-order valence-electron chi connectivity index (χ2n) is 14.5. The van der Waals surface area contributed by atoms with Crippen molar-refractivity contribution in [2.45, 2.75) is 28.5 Å². The monoisotopic (exact) mass is 992 g/mol. The first-order valence-electron chi connectivity index (χ1n) is 19.7. The van der Waals surface area contributed by atoms with Crippen LogP contribution in [0.2, 0.25) is 0 Å². The summed E-state index contributed by atoms with van der Waals surface area (Å²) in [6.07, 6.45) is 0. The molecule has 0 saturated carbocycles. The molecule has 0 unspecified atom stereocenters. The quantitative estimate of drug-likeness (QED) is 0.0550. The summed E-state index contributed by atoms with van der Waals surface area (Å²) in [5, 5.41) is 53.3. The van der Waals surface area contributed by atoms with E-state index >= 15 is 0 Å². The average Bonchev–Trinajstić information content (AvgIpc) is 3.30. The van der Waals surface area contributed by atoms with E-state index in [2.05, 4.69) is 51.1 Å². The Kier molecular flexibility index (Phi) is 14.2. The van der Waals surface area contributed by atoms with Gasteiger partial charge in [0.2, 0.25) is 0 Å². The van der Waals surface area contributed by atoms with E-state index in [1.807, 2.05) is 6.07 Å². The maximum Gasteiger partial charge on any atom is 0.296 e. The van der Waals surface area contributed by atoms with Crippen LogP contribution in [0.3, 0.4) is 0 Å². The Labute approximate surface area is 393 Å². The van der Waals surface area contributed by atoms with E-state index in [9.17, 15) is 44.0 Å². The summed E-state index contributed by atoms with van der Waals surface area (Å²) in [6.45, 7) is 3.47. The third kappa shape index (κ3) is 11.7. The number of hydrogen-bond donors (Lipinski definition) is 4. The molecule has 0 spiro atoms. The van der Waals surface area contributed by atoms with Crippen molar-refractivity contribution in [1.29, 1.82) is 0 Å². The number of nitrogens with zero attached hydrogens (tertiary/aromatic N) is 10. The topological polar surface area (TPSA) is 325 Å². The van der Waals surface area contributed by atoms with E-state index in [-0.39, 0.29) is 39.3 Å². The van der Waals surface area contributed by atoms with Gasteiger partial charge in [0, 0.05) is 17.5 Å². The lowest BCUT2D eigenvalue weighted by Gasteiger charge is -2.11.